The highest BCUT2D eigenvalue weighted by Crippen LogP contribution is 2.32. The molecule has 2 aromatic carbocycles. The Bertz CT molecular complexity index is 867. The first-order chi connectivity index (χ1) is 11.3. The first-order valence-corrected chi connectivity index (χ1v) is 7.71. The van der Waals surface area contributed by atoms with Gasteiger partial charge in [0, 0.05) is 11.6 Å². The smallest absolute Gasteiger partial charge is 0.322 e. The van der Waals surface area contributed by atoms with Gasteiger partial charge in [0.2, 0.25) is 0 Å². The summed E-state index contributed by atoms with van der Waals surface area (Å²) in [6.07, 6.45) is -4.40. The predicted octanol–water partition coefficient (Wildman–Crippen LogP) is 4.78. The van der Waals surface area contributed by atoms with Crippen molar-refractivity contribution in [1.82, 2.24) is 9.55 Å². The van der Waals surface area contributed by atoms with Crippen molar-refractivity contribution in [2.24, 2.45) is 5.73 Å². The average molecular weight is 354 g/mol. The van der Waals surface area contributed by atoms with Crippen molar-refractivity contribution in [2.75, 3.05) is 0 Å². The Labute approximate surface area is 141 Å². The molecule has 1 aromatic heterocycles. The van der Waals surface area contributed by atoms with E-state index in [1.54, 1.807) is 19.1 Å². The molecular formula is C17H15ClF3N3. The quantitative estimate of drug-likeness (QED) is 0.736. The topological polar surface area (TPSA) is 43.8 Å². The molecule has 3 rings (SSSR count). The van der Waals surface area contributed by atoms with Crippen molar-refractivity contribution in [1.29, 1.82) is 0 Å². The average Bonchev–Trinajstić information content (AvgIpc) is 2.87. The van der Waals surface area contributed by atoms with Crippen molar-refractivity contribution in [3.05, 3.63) is 64.4 Å². The van der Waals surface area contributed by atoms with Crippen LogP contribution in [0.2, 0.25) is 5.02 Å². The first kappa shape index (κ1) is 16.8. The number of halogens is 4. The zero-order chi connectivity index (χ0) is 17.5. The van der Waals surface area contributed by atoms with Gasteiger partial charge < -0.3 is 10.3 Å². The normalized spacial score (nSPS) is 13.4. The van der Waals surface area contributed by atoms with E-state index in [9.17, 15) is 13.2 Å². The highest BCUT2D eigenvalue weighted by atomic mass is 35.5. The predicted molar refractivity (Wildman–Crippen MR) is 87.9 cm³/mol. The number of imidazole rings is 1. The summed E-state index contributed by atoms with van der Waals surface area (Å²) < 4.78 is 40.5. The van der Waals surface area contributed by atoms with Gasteiger partial charge in [-0.1, -0.05) is 23.7 Å². The summed E-state index contributed by atoms with van der Waals surface area (Å²) in [5.41, 5.74) is 7.09. The maximum absolute atomic E-state index is 12.9. The van der Waals surface area contributed by atoms with Gasteiger partial charge >= 0.3 is 6.18 Å². The summed E-state index contributed by atoms with van der Waals surface area (Å²) in [4.78, 5) is 4.31. The van der Waals surface area contributed by atoms with Crippen molar-refractivity contribution in [3.8, 4) is 0 Å². The molecule has 3 aromatic rings. The van der Waals surface area contributed by atoms with Crippen LogP contribution in [0.15, 0.2) is 42.5 Å². The molecule has 0 saturated carbocycles. The van der Waals surface area contributed by atoms with E-state index in [2.05, 4.69) is 4.98 Å². The summed E-state index contributed by atoms with van der Waals surface area (Å²) in [5.74, 6) is 0.541. The molecule has 24 heavy (non-hydrogen) atoms. The molecule has 0 aliphatic rings. The van der Waals surface area contributed by atoms with Gasteiger partial charge in [0.05, 0.1) is 22.6 Å². The van der Waals surface area contributed by atoms with E-state index >= 15 is 0 Å². The van der Waals surface area contributed by atoms with E-state index in [0.717, 1.165) is 17.7 Å². The van der Waals surface area contributed by atoms with Gasteiger partial charge in [-0.3, -0.25) is 0 Å². The number of benzene rings is 2. The maximum atomic E-state index is 12.9. The zero-order valence-electron chi connectivity index (χ0n) is 12.8. The van der Waals surface area contributed by atoms with Gasteiger partial charge in [0.25, 0.3) is 0 Å². The summed E-state index contributed by atoms with van der Waals surface area (Å²) in [6, 6.07) is 10.4. The molecule has 7 heteroatoms. The molecule has 0 bridgehead atoms. The fraction of sp³-hybridized carbons (Fsp3) is 0.235. The first-order valence-electron chi connectivity index (χ1n) is 7.33. The number of fused-ring (bicyclic) bond motifs is 1. The Balaban J connectivity index is 2.10. The van der Waals surface area contributed by atoms with Crippen LogP contribution in [0.5, 0.6) is 0 Å². The number of alkyl halides is 3. The molecular weight excluding hydrogens is 339 g/mol. The van der Waals surface area contributed by atoms with Crippen molar-refractivity contribution < 1.29 is 13.2 Å². The number of rotatable bonds is 3. The van der Waals surface area contributed by atoms with E-state index in [0.29, 0.717) is 22.9 Å². The third-order valence-corrected chi connectivity index (χ3v) is 4.02. The van der Waals surface area contributed by atoms with E-state index in [-0.39, 0.29) is 5.52 Å². The Hall–Kier alpha value is -2.05. The SMILES string of the molecule is C[C@H](N)c1nc2cc(C(F)(F)F)ccc2n1Cc1ccc(Cl)cc1. The Morgan fingerprint density at radius 1 is 1.17 bits per heavy atom. The lowest BCUT2D eigenvalue weighted by Gasteiger charge is -2.12. The van der Waals surface area contributed by atoms with Crippen LogP contribution in [0, 0.1) is 0 Å². The van der Waals surface area contributed by atoms with Gasteiger partial charge in [-0.2, -0.15) is 13.2 Å². The van der Waals surface area contributed by atoms with Crippen LogP contribution < -0.4 is 5.73 Å². The molecule has 0 amide bonds. The summed E-state index contributed by atoms with van der Waals surface area (Å²) in [5, 5.41) is 0.622. The fourth-order valence-corrected chi connectivity index (χ4v) is 2.74. The maximum Gasteiger partial charge on any atom is 0.416 e. The van der Waals surface area contributed by atoms with Crippen molar-refractivity contribution >= 4 is 22.6 Å². The lowest BCUT2D eigenvalue weighted by Crippen LogP contribution is -2.14. The summed E-state index contributed by atoms with van der Waals surface area (Å²) in [6.45, 7) is 2.21. The minimum absolute atomic E-state index is 0.283. The number of nitrogens with zero attached hydrogens (tertiary/aromatic N) is 2. The summed E-state index contributed by atoms with van der Waals surface area (Å²) >= 11 is 5.88. The molecule has 0 aliphatic heterocycles. The van der Waals surface area contributed by atoms with Crippen molar-refractivity contribution in [2.45, 2.75) is 25.7 Å². The Morgan fingerprint density at radius 2 is 1.83 bits per heavy atom. The summed E-state index contributed by atoms with van der Waals surface area (Å²) in [7, 11) is 0. The number of hydrogen-bond acceptors (Lipinski definition) is 2. The Kier molecular flexibility index (Phi) is 4.27. The lowest BCUT2D eigenvalue weighted by atomic mass is 10.2. The van der Waals surface area contributed by atoms with Crippen LogP contribution >= 0.6 is 11.6 Å². The molecule has 0 spiro atoms. The molecule has 2 N–H and O–H groups in total. The van der Waals surface area contributed by atoms with Crippen LogP contribution in [-0.2, 0) is 12.7 Å². The van der Waals surface area contributed by atoms with Gasteiger partial charge in [-0.05, 0) is 42.8 Å². The number of hydrogen-bond donors (Lipinski definition) is 1. The van der Waals surface area contributed by atoms with E-state index in [1.807, 2.05) is 16.7 Å². The second kappa shape index (κ2) is 6.11. The van der Waals surface area contributed by atoms with Crippen molar-refractivity contribution in [3.63, 3.8) is 0 Å². The third kappa shape index (κ3) is 3.25. The minimum Gasteiger partial charge on any atom is -0.322 e. The standard InChI is InChI=1S/C17H15ClF3N3/c1-10(22)16-23-14-8-12(17(19,20)21)4-7-15(14)24(16)9-11-2-5-13(18)6-3-11/h2-8,10H,9,22H2,1H3/t10-/m0/s1. The minimum atomic E-state index is -4.40. The molecule has 1 heterocycles. The highest BCUT2D eigenvalue weighted by Gasteiger charge is 2.31. The van der Waals surface area contributed by atoms with Crippen LogP contribution in [0.25, 0.3) is 11.0 Å². The van der Waals surface area contributed by atoms with Gasteiger partial charge in [0.15, 0.2) is 0 Å². The Morgan fingerprint density at radius 3 is 2.42 bits per heavy atom. The second-order valence-corrected chi connectivity index (χ2v) is 6.11. The molecule has 0 radical (unpaired) electrons. The van der Waals surface area contributed by atoms with E-state index < -0.39 is 17.8 Å². The monoisotopic (exact) mass is 353 g/mol. The highest BCUT2D eigenvalue weighted by molar-refractivity contribution is 6.30. The molecule has 3 nitrogen and oxygen atoms in total. The number of aromatic nitrogens is 2. The molecule has 0 fully saturated rings. The number of nitrogens with two attached hydrogens (primary N) is 1. The van der Waals surface area contributed by atoms with Crippen LogP contribution in [0.3, 0.4) is 0 Å². The van der Waals surface area contributed by atoms with Gasteiger partial charge in [-0.25, -0.2) is 4.98 Å². The van der Waals surface area contributed by atoms with Gasteiger partial charge in [-0.15, -0.1) is 0 Å². The molecule has 0 aliphatic carbocycles. The zero-order valence-corrected chi connectivity index (χ0v) is 13.6. The molecule has 126 valence electrons. The second-order valence-electron chi connectivity index (χ2n) is 5.67. The third-order valence-electron chi connectivity index (χ3n) is 3.77. The van der Waals surface area contributed by atoms with Crippen LogP contribution in [0.4, 0.5) is 13.2 Å². The van der Waals surface area contributed by atoms with Gasteiger partial charge in [0.1, 0.15) is 5.82 Å². The van der Waals surface area contributed by atoms with E-state index in [4.69, 9.17) is 17.3 Å². The largest absolute Gasteiger partial charge is 0.416 e. The molecule has 0 unspecified atom stereocenters. The molecule has 1 atom stereocenters. The van der Waals surface area contributed by atoms with Crippen LogP contribution in [0.1, 0.15) is 29.9 Å². The fourth-order valence-electron chi connectivity index (χ4n) is 2.61. The lowest BCUT2D eigenvalue weighted by molar-refractivity contribution is -0.137. The van der Waals surface area contributed by atoms with E-state index in [1.165, 1.54) is 6.07 Å². The molecule has 0 saturated heterocycles. The van der Waals surface area contributed by atoms with Crippen LogP contribution in [-0.4, -0.2) is 9.55 Å².